The first-order valence-corrected chi connectivity index (χ1v) is 8.41. The Bertz CT molecular complexity index is 379. The van der Waals surface area contributed by atoms with Crippen LogP contribution >= 0.6 is 0 Å². The van der Waals surface area contributed by atoms with E-state index in [9.17, 15) is 10.1 Å². The van der Waals surface area contributed by atoms with E-state index >= 15 is 0 Å². The molecule has 1 amide bonds. The molecule has 2 aliphatic rings. The second-order valence-corrected chi connectivity index (χ2v) is 6.59. The third-order valence-electron chi connectivity index (χ3n) is 5.25. The van der Waals surface area contributed by atoms with Gasteiger partial charge in [0.05, 0.1) is 6.07 Å². The molecule has 1 saturated carbocycles. The lowest BCUT2D eigenvalue weighted by atomic mass is 9.78. The molecule has 2 rings (SSSR count). The van der Waals surface area contributed by atoms with Crippen molar-refractivity contribution in [1.29, 1.82) is 5.26 Å². The Balaban J connectivity index is 2.17. The van der Waals surface area contributed by atoms with E-state index in [4.69, 9.17) is 0 Å². The molecule has 112 valence electrons. The average molecular weight is 276 g/mol. The lowest BCUT2D eigenvalue weighted by Gasteiger charge is -2.36. The van der Waals surface area contributed by atoms with Crippen LogP contribution in [0.2, 0.25) is 0 Å². The van der Waals surface area contributed by atoms with E-state index in [1.54, 1.807) is 0 Å². The second-order valence-electron chi connectivity index (χ2n) is 6.59. The minimum absolute atomic E-state index is 0.137. The van der Waals surface area contributed by atoms with E-state index in [1.807, 2.05) is 0 Å². The zero-order valence-electron chi connectivity index (χ0n) is 13.0. The summed E-state index contributed by atoms with van der Waals surface area (Å²) < 4.78 is 0. The molecule has 0 aromatic heterocycles. The Kier molecular flexibility index (Phi) is 5.07. The molecule has 1 aliphatic heterocycles. The highest BCUT2D eigenvalue weighted by atomic mass is 16.2. The molecule has 1 saturated heterocycles. The second kappa shape index (κ2) is 6.61. The summed E-state index contributed by atoms with van der Waals surface area (Å²) in [5.41, 5.74) is -0.754. The molecule has 1 aliphatic carbocycles. The molecule has 2 atom stereocenters. The van der Waals surface area contributed by atoms with Crippen molar-refractivity contribution in [2.75, 3.05) is 6.54 Å². The quantitative estimate of drug-likeness (QED) is 0.764. The lowest BCUT2D eigenvalue weighted by molar-refractivity contribution is -0.141. The maximum Gasteiger partial charge on any atom is 0.243 e. The summed E-state index contributed by atoms with van der Waals surface area (Å²) in [5.74, 6) is 0.838. The van der Waals surface area contributed by atoms with E-state index < -0.39 is 5.41 Å². The molecule has 2 unspecified atom stereocenters. The largest absolute Gasteiger partial charge is 0.338 e. The number of nitrogens with zero attached hydrogens (tertiary/aromatic N) is 2. The number of rotatable bonds is 5. The minimum Gasteiger partial charge on any atom is -0.338 e. The van der Waals surface area contributed by atoms with Gasteiger partial charge in [-0.3, -0.25) is 4.79 Å². The number of hydrogen-bond donors (Lipinski definition) is 0. The van der Waals surface area contributed by atoms with Crippen LogP contribution in [0, 0.1) is 22.7 Å². The van der Waals surface area contributed by atoms with Gasteiger partial charge in [0.15, 0.2) is 0 Å². The van der Waals surface area contributed by atoms with E-state index in [-0.39, 0.29) is 5.91 Å². The summed E-state index contributed by atoms with van der Waals surface area (Å²) >= 11 is 0. The van der Waals surface area contributed by atoms with Gasteiger partial charge in [0.2, 0.25) is 5.91 Å². The number of hydrogen-bond acceptors (Lipinski definition) is 2. The van der Waals surface area contributed by atoms with Crippen LogP contribution in [0.5, 0.6) is 0 Å². The molecule has 20 heavy (non-hydrogen) atoms. The smallest absolute Gasteiger partial charge is 0.243 e. The standard InChI is InChI=1S/C17H28N2O/c1-3-10-17(13-18,11-4-2)16(20)19-12-9-14-7-5-6-8-15(14)19/h14-15H,3-12H2,1-2H3. The lowest BCUT2D eigenvalue weighted by Crippen LogP contribution is -2.47. The van der Waals surface area contributed by atoms with Gasteiger partial charge in [-0.1, -0.05) is 39.5 Å². The van der Waals surface area contributed by atoms with Crippen molar-refractivity contribution in [2.24, 2.45) is 11.3 Å². The van der Waals surface area contributed by atoms with Gasteiger partial charge in [-0.25, -0.2) is 0 Å². The fraction of sp³-hybridized carbons (Fsp3) is 0.882. The van der Waals surface area contributed by atoms with Gasteiger partial charge in [-0.15, -0.1) is 0 Å². The van der Waals surface area contributed by atoms with Crippen LogP contribution < -0.4 is 0 Å². The van der Waals surface area contributed by atoms with Crippen LogP contribution in [0.25, 0.3) is 0 Å². The van der Waals surface area contributed by atoms with E-state index in [0.29, 0.717) is 24.8 Å². The Morgan fingerprint density at radius 1 is 1.20 bits per heavy atom. The SMILES string of the molecule is CCCC(C#N)(CCC)C(=O)N1CCC2CCCCC21. The maximum atomic E-state index is 13.0. The van der Waals surface area contributed by atoms with Crippen molar-refractivity contribution < 1.29 is 4.79 Å². The van der Waals surface area contributed by atoms with Crippen LogP contribution in [0.1, 0.15) is 71.6 Å². The summed E-state index contributed by atoms with van der Waals surface area (Å²) in [5, 5.41) is 9.67. The van der Waals surface area contributed by atoms with Crippen LogP contribution in [-0.4, -0.2) is 23.4 Å². The van der Waals surface area contributed by atoms with Gasteiger partial charge in [-0.2, -0.15) is 5.26 Å². The summed E-state index contributed by atoms with van der Waals surface area (Å²) in [7, 11) is 0. The molecule has 0 radical (unpaired) electrons. The highest BCUT2D eigenvalue weighted by Crippen LogP contribution is 2.40. The van der Waals surface area contributed by atoms with Crippen molar-refractivity contribution in [1.82, 2.24) is 4.90 Å². The predicted molar refractivity (Wildman–Crippen MR) is 79.9 cm³/mol. The van der Waals surface area contributed by atoms with Gasteiger partial charge in [0.25, 0.3) is 0 Å². The average Bonchev–Trinajstić information content (AvgIpc) is 2.90. The van der Waals surface area contributed by atoms with Crippen LogP contribution in [0.15, 0.2) is 0 Å². The first kappa shape index (κ1) is 15.4. The molecule has 2 fully saturated rings. The molecule has 3 heteroatoms. The zero-order chi connectivity index (χ0) is 14.6. The monoisotopic (exact) mass is 276 g/mol. The van der Waals surface area contributed by atoms with Crippen molar-refractivity contribution >= 4 is 5.91 Å². The van der Waals surface area contributed by atoms with Gasteiger partial charge in [-0.05, 0) is 38.0 Å². The topological polar surface area (TPSA) is 44.1 Å². The van der Waals surface area contributed by atoms with Crippen molar-refractivity contribution in [3.8, 4) is 6.07 Å². The fourth-order valence-corrected chi connectivity index (χ4v) is 4.28. The molecule has 0 N–H and O–H groups in total. The summed E-state index contributed by atoms with van der Waals surface area (Å²) in [6, 6.07) is 2.83. The first-order valence-electron chi connectivity index (χ1n) is 8.41. The normalized spacial score (nSPS) is 26.1. The number of likely N-dealkylation sites (tertiary alicyclic amines) is 1. The molecule has 0 aromatic rings. The Hall–Kier alpha value is -1.04. The Morgan fingerprint density at radius 2 is 1.85 bits per heavy atom. The molecule has 0 bridgehead atoms. The van der Waals surface area contributed by atoms with E-state index in [1.165, 1.54) is 19.3 Å². The summed E-state index contributed by atoms with van der Waals surface area (Å²) in [6.45, 7) is 5.02. The Labute approximate surface area is 123 Å². The third kappa shape index (κ3) is 2.71. The van der Waals surface area contributed by atoms with E-state index in [2.05, 4.69) is 24.8 Å². The van der Waals surface area contributed by atoms with Gasteiger partial charge < -0.3 is 4.90 Å². The summed E-state index contributed by atoms with van der Waals surface area (Å²) in [6.07, 6.45) is 9.36. The first-order chi connectivity index (χ1) is 9.68. The number of carbonyl (C=O) groups is 1. The van der Waals surface area contributed by atoms with Gasteiger partial charge >= 0.3 is 0 Å². The predicted octanol–water partition coefficient (Wildman–Crippen LogP) is 3.89. The minimum atomic E-state index is -0.754. The van der Waals surface area contributed by atoms with E-state index in [0.717, 1.165) is 32.2 Å². The van der Waals surface area contributed by atoms with Crippen LogP contribution in [0.3, 0.4) is 0 Å². The number of nitriles is 1. The molecule has 0 aromatic carbocycles. The van der Waals surface area contributed by atoms with Crippen molar-refractivity contribution in [3.05, 3.63) is 0 Å². The third-order valence-corrected chi connectivity index (χ3v) is 5.25. The maximum absolute atomic E-state index is 13.0. The number of carbonyl (C=O) groups excluding carboxylic acids is 1. The van der Waals surface area contributed by atoms with Gasteiger partial charge in [0.1, 0.15) is 5.41 Å². The fourth-order valence-electron chi connectivity index (χ4n) is 4.28. The zero-order valence-corrected chi connectivity index (χ0v) is 13.0. The van der Waals surface area contributed by atoms with Crippen LogP contribution in [0.4, 0.5) is 0 Å². The molecule has 0 spiro atoms. The number of amides is 1. The highest BCUT2D eigenvalue weighted by molar-refractivity contribution is 5.86. The number of fused-ring (bicyclic) bond motifs is 1. The van der Waals surface area contributed by atoms with Crippen molar-refractivity contribution in [3.63, 3.8) is 0 Å². The molecule has 1 heterocycles. The van der Waals surface area contributed by atoms with Crippen molar-refractivity contribution in [2.45, 2.75) is 77.7 Å². The van der Waals surface area contributed by atoms with Crippen LogP contribution in [-0.2, 0) is 4.79 Å². The van der Waals surface area contributed by atoms with Gasteiger partial charge in [0, 0.05) is 12.6 Å². The summed E-state index contributed by atoms with van der Waals surface area (Å²) in [4.78, 5) is 15.1. The molecular formula is C17H28N2O. The molecular weight excluding hydrogens is 248 g/mol. The molecule has 3 nitrogen and oxygen atoms in total. The Morgan fingerprint density at radius 3 is 2.45 bits per heavy atom. The highest BCUT2D eigenvalue weighted by Gasteiger charge is 2.46.